The van der Waals surface area contributed by atoms with E-state index in [9.17, 15) is 14.9 Å². The molecule has 0 heterocycles. The van der Waals surface area contributed by atoms with Crippen LogP contribution in [-0.4, -0.2) is 23.9 Å². The van der Waals surface area contributed by atoms with Crippen LogP contribution in [0.3, 0.4) is 0 Å². The van der Waals surface area contributed by atoms with Crippen molar-refractivity contribution in [2.24, 2.45) is 0 Å². The van der Waals surface area contributed by atoms with Gasteiger partial charge in [-0.1, -0.05) is 6.07 Å². The predicted octanol–water partition coefficient (Wildman–Crippen LogP) is 4.29. The van der Waals surface area contributed by atoms with E-state index in [1.54, 1.807) is 6.08 Å². The Kier molecular flexibility index (Phi) is 6.28. The lowest BCUT2D eigenvalue weighted by Crippen LogP contribution is -1.99. The highest BCUT2D eigenvalue weighted by Crippen LogP contribution is 2.30. The minimum atomic E-state index is -0.503. The van der Waals surface area contributed by atoms with Gasteiger partial charge in [0.05, 0.1) is 23.7 Å². The van der Waals surface area contributed by atoms with Crippen molar-refractivity contribution in [3.63, 3.8) is 0 Å². The predicted molar refractivity (Wildman–Crippen MR) is 95.2 cm³/mol. The van der Waals surface area contributed by atoms with Gasteiger partial charge in [-0.3, -0.25) is 14.9 Å². The van der Waals surface area contributed by atoms with Crippen LogP contribution >= 0.6 is 0 Å². The number of hydrogen-bond donors (Lipinski definition) is 0. The van der Waals surface area contributed by atoms with Gasteiger partial charge in [-0.2, -0.15) is 0 Å². The maximum atomic E-state index is 12.3. The Balaban J connectivity index is 2.27. The Morgan fingerprint density at radius 2 is 1.60 bits per heavy atom. The summed E-state index contributed by atoms with van der Waals surface area (Å²) in [5.41, 5.74) is 0.996. The molecule has 0 radical (unpaired) electrons. The van der Waals surface area contributed by atoms with Crippen LogP contribution in [0.1, 0.15) is 29.8 Å². The van der Waals surface area contributed by atoms with Crippen LogP contribution in [0.4, 0.5) is 5.69 Å². The largest absolute Gasteiger partial charge is 0.493 e. The van der Waals surface area contributed by atoms with Gasteiger partial charge in [-0.15, -0.1) is 0 Å². The van der Waals surface area contributed by atoms with Crippen LogP contribution in [0.5, 0.6) is 11.5 Å². The molecule has 0 saturated carbocycles. The Morgan fingerprint density at radius 1 is 1.04 bits per heavy atom. The summed E-state index contributed by atoms with van der Waals surface area (Å²) in [5.74, 6) is 0.992. The summed E-state index contributed by atoms with van der Waals surface area (Å²) in [4.78, 5) is 22.5. The van der Waals surface area contributed by atoms with Gasteiger partial charge in [0.2, 0.25) is 0 Å². The van der Waals surface area contributed by atoms with Gasteiger partial charge in [-0.25, -0.2) is 0 Å². The zero-order chi connectivity index (χ0) is 18.2. The van der Waals surface area contributed by atoms with Crippen molar-refractivity contribution < 1.29 is 19.2 Å². The molecule has 6 heteroatoms. The van der Waals surface area contributed by atoms with Crippen LogP contribution in [0.15, 0.2) is 48.5 Å². The molecule has 0 aliphatic heterocycles. The van der Waals surface area contributed by atoms with Crippen molar-refractivity contribution in [2.75, 3.05) is 13.2 Å². The van der Waals surface area contributed by atoms with Crippen molar-refractivity contribution in [1.29, 1.82) is 0 Å². The molecule has 0 spiro atoms. The quantitative estimate of drug-likeness (QED) is 0.310. The molecule has 2 rings (SSSR count). The van der Waals surface area contributed by atoms with E-state index in [1.807, 2.05) is 32.0 Å². The number of carbonyl (C=O) groups excluding carboxylic acids is 1. The maximum absolute atomic E-state index is 12.3. The van der Waals surface area contributed by atoms with Gasteiger partial charge >= 0.3 is 0 Å². The highest BCUT2D eigenvalue weighted by atomic mass is 16.6. The fraction of sp³-hybridized carbons (Fsp3) is 0.211. The lowest BCUT2D eigenvalue weighted by Gasteiger charge is -2.12. The zero-order valence-corrected chi connectivity index (χ0v) is 14.1. The minimum absolute atomic E-state index is 0.0548. The number of ketones is 1. The van der Waals surface area contributed by atoms with Gasteiger partial charge in [0.1, 0.15) is 11.5 Å². The van der Waals surface area contributed by atoms with Gasteiger partial charge in [-0.05, 0) is 50.3 Å². The average molecular weight is 341 g/mol. The molecule has 0 unspecified atom stereocenters. The molecule has 0 saturated heterocycles. The third kappa shape index (κ3) is 4.67. The topological polar surface area (TPSA) is 78.7 Å². The smallest absolute Gasteiger partial charge is 0.269 e. The zero-order valence-electron chi connectivity index (χ0n) is 14.1. The number of allylic oxidation sites excluding steroid dienone is 1. The van der Waals surface area contributed by atoms with E-state index < -0.39 is 4.92 Å². The summed E-state index contributed by atoms with van der Waals surface area (Å²) in [5, 5.41) is 10.7. The summed E-state index contributed by atoms with van der Waals surface area (Å²) in [7, 11) is 0. The normalized spacial score (nSPS) is 10.6. The first kappa shape index (κ1) is 18.2. The Labute approximate surface area is 145 Å². The van der Waals surface area contributed by atoms with Gasteiger partial charge in [0.15, 0.2) is 5.78 Å². The van der Waals surface area contributed by atoms with Crippen LogP contribution in [-0.2, 0) is 0 Å². The number of non-ortho nitro benzene ring substituents is 1. The molecular weight excluding hydrogens is 322 g/mol. The highest BCUT2D eigenvalue weighted by Gasteiger charge is 2.10. The van der Waals surface area contributed by atoms with Crippen molar-refractivity contribution in [1.82, 2.24) is 0 Å². The second-order valence-corrected chi connectivity index (χ2v) is 5.04. The monoisotopic (exact) mass is 341 g/mol. The maximum Gasteiger partial charge on any atom is 0.269 e. The fourth-order valence-electron chi connectivity index (χ4n) is 2.25. The van der Waals surface area contributed by atoms with E-state index in [4.69, 9.17) is 9.47 Å². The number of hydrogen-bond acceptors (Lipinski definition) is 5. The number of nitro benzene ring substituents is 1. The number of rotatable bonds is 8. The van der Waals surface area contributed by atoms with E-state index in [2.05, 4.69) is 0 Å². The van der Waals surface area contributed by atoms with Crippen molar-refractivity contribution >= 4 is 17.5 Å². The third-order valence-corrected chi connectivity index (χ3v) is 3.39. The lowest BCUT2D eigenvalue weighted by molar-refractivity contribution is -0.384. The Hall–Kier alpha value is -3.15. The minimum Gasteiger partial charge on any atom is -0.493 e. The van der Waals surface area contributed by atoms with Crippen LogP contribution in [0.2, 0.25) is 0 Å². The summed E-state index contributed by atoms with van der Waals surface area (Å²) in [6.07, 6.45) is 3.04. The lowest BCUT2D eigenvalue weighted by atomic mass is 10.1. The fourth-order valence-corrected chi connectivity index (χ4v) is 2.25. The first-order valence-electron chi connectivity index (χ1n) is 7.92. The van der Waals surface area contributed by atoms with E-state index in [-0.39, 0.29) is 11.5 Å². The third-order valence-electron chi connectivity index (χ3n) is 3.39. The molecule has 0 aliphatic carbocycles. The summed E-state index contributed by atoms with van der Waals surface area (Å²) < 4.78 is 11.2. The molecule has 2 aromatic rings. The molecule has 0 bridgehead atoms. The van der Waals surface area contributed by atoms with E-state index in [0.29, 0.717) is 35.8 Å². The standard InChI is InChI=1S/C19H19NO5/c1-3-24-18-6-5-7-19(25-4-2)16(18)12-13-17(21)14-8-10-15(11-9-14)20(22)23/h5-13H,3-4H2,1-2H3/b13-12+. The Morgan fingerprint density at radius 3 is 2.08 bits per heavy atom. The number of carbonyl (C=O) groups is 1. The molecule has 6 nitrogen and oxygen atoms in total. The molecular formula is C19H19NO5. The van der Waals surface area contributed by atoms with Crippen molar-refractivity contribution in [3.05, 3.63) is 69.8 Å². The van der Waals surface area contributed by atoms with Gasteiger partial charge < -0.3 is 9.47 Å². The summed E-state index contributed by atoms with van der Waals surface area (Å²) >= 11 is 0. The van der Waals surface area contributed by atoms with Crippen LogP contribution < -0.4 is 9.47 Å². The number of ether oxygens (including phenoxy) is 2. The Bertz CT molecular complexity index is 757. The number of benzene rings is 2. The molecule has 0 atom stereocenters. The first-order valence-corrected chi connectivity index (χ1v) is 7.92. The summed E-state index contributed by atoms with van der Waals surface area (Å²) in [6.45, 7) is 4.74. The van der Waals surface area contributed by atoms with Crippen molar-refractivity contribution in [3.8, 4) is 11.5 Å². The van der Waals surface area contributed by atoms with E-state index in [0.717, 1.165) is 0 Å². The van der Waals surface area contributed by atoms with E-state index >= 15 is 0 Å². The molecule has 130 valence electrons. The van der Waals surface area contributed by atoms with Crippen molar-refractivity contribution in [2.45, 2.75) is 13.8 Å². The van der Waals surface area contributed by atoms with Crippen LogP contribution in [0.25, 0.3) is 6.08 Å². The number of nitro groups is 1. The van der Waals surface area contributed by atoms with Gasteiger partial charge in [0.25, 0.3) is 5.69 Å². The molecule has 0 N–H and O–H groups in total. The molecule has 0 aliphatic rings. The second-order valence-electron chi connectivity index (χ2n) is 5.04. The molecule has 0 amide bonds. The van der Waals surface area contributed by atoms with Gasteiger partial charge in [0, 0.05) is 17.7 Å². The van der Waals surface area contributed by atoms with Crippen LogP contribution in [0, 0.1) is 10.1 Å². The summed E-state index contributed by atoms with van der Waals surface area (Å²) in [6, 6.07) is 10.9. The molecule has 0 fully saturated rings. The first-order chi connectivity index (χ1) is 12.1. The number of nitrogens with zero attached hydrogens (tertiary/aromatic N) is 1. The SMILES string of the molecule is CCOc1cccc(OCC)c1/C=C/C(=O)c1ccc([N+](=O)[O-])cc1. The molecule has 0 aromatic heterocycles. The molecule has 25 heavy (non-hydrogen) atoms. The van der Waals surface area contributed by atoms with E-state index in [1.165, 1.54) is 30.3 Å². The average Bonchev–Trinajstić information content (AvgIpc) is 2.61. The highest BCUT2D eigenvalue weighted by molar-refractivity contribution is 6.07. The second kappa shape index (κ2) is 8.63. The molecule has 2 aromatic carbocycles.